The molecule has 0 aliphatic carbocycles. The minimum Gasteiger partial charge on any atom is -0.326 e. The van der Waals surface area contributed by atoms with Crippen molar-refractivity contribution in [2.75, 3.05) is 25.0 Å². The Kier molecular flexibility index (Phi) is 4.97. The molecule has 0 spiro atoms. The van der Waals surface area contributed by atoms with Crippen LogP contribution in [-0.2, 0) is 4.79 Å². The summed E-state index contributed by atoms with van der Waals surface area (Å²) in [5.74, 6) is 0.890. The van der Waals surface area contributed by atoms with Crippen molar-refractivity contribution >= 4 is 11.6 Å². The smallest absolute Gasteiger partial charge is 0.225 e. The number of piperidine rings is 1. The Morgan fingerprint density at radius 3 is 2.95 bits per heavy atom. The van der Waals surface area contributed by atoms with Crippen molar-refractivity contribution in [3.05, 3.63) is 29.8 Å². The molecule has 1 saturated heterocycles. The number of aryl methyl sites for hydroxylation is 1. The lowest BCUT2D eigenvalue weighted by Gasteiger charge is -2.30. The third kappa shape index (κ3) is 4.35. The molecule has 0 unspecified atom stereocenters. The number of carbonyl (C=O) groups excluding carboxylic acids is 1. The molecule has 1 aliphatic heterocycles. The number of carbonyl (C=O) groups is 1. The number of nitrogens with zero attached hydrogens (tertiary/aromatic N) is 1. The third-order valence-electron chi connectivity index (χ3n) is 3.82. The highest BCUT2D eigenvalue weighted by molar-refractivity contribution is 5.91. The van der Waals surface area contributed by atoms with Gasteiger partial charge in [0.2, 0.25) is 5.91 Å². The molecule has 1 aromatic rings. The van der Waals surface area contributed by atoms with Gasteiger partial charge >= 0.3 is 0 Å². The summed E-state index contributed by atoms with van der Waals surface area (Å²) < 4.78 is 0. The number of para-hydroxylation sites is 1. The van der Waals surface area contributed by atoms with Gasteiger partial charge in [0, 0.05) is 25.2 Å². The SMILES string of the molecule is Cc1ccccc1NC(=O)CCN1CCC[C@H](C)C1. The van der Waals surface area contributed by atoms with E-state index in [1.165, 1.54) is 12.8 Å². The fourth-order valence-electron chi connectivity index (χ4n) is 2.68. The van der Waals surface area contributed by atoms with E-state index in [0.29, 0.717) is 6.42 Å². The zero-order chi connectivity index (χ0) is 13.7. The summed E-state index contributed by atoms with van der Waals surface area (Å²) in [6.07, 6.45) is 3.17. The van der Waals surface area contributed by atoms with Gasteiger partial charge in [-0.1, -0.05) is 25.1 Å². The Hall–Kier alpha value is -1.35. The molecule has 0 bridgehead atoms. The summed E-state index contributed by atoms with van der Waals surface area (Å²) >= 11 is 0. The Balaban J connectivity index is 1.77. The van der Waals surface area contributed by atoms with Crippen LogP contribution in [0.1, 0.15) is 31.7 Å². The van der Waals surface area contributed by atoms with Crippen LogP contribution in [0, 0.1) is 12.8 Å². The van der Waals surface area contributed by atoms with E-state index in [4.69, 9.17) is 0 Å². The zero-order valence-corrected chi connectivity index (χ0v) is 12.0. The molecule has 1 heterocycles. The molecule has 1 atom stereocenters. The number of rotatable bonds is 4. The Labute approximate surface area is 116 Å². The first-order chi connectivity index (χ1) is 9.15. The molecule has 2 rings (SSSR count). The number of nitrogens with one attached hydrogen (secondary N) is 1. The lowest BCUT2D eigenvalue weighted by molar-refractivity contribution is -0.116. The third-order valence-corrected chi connectivity index (χ3v) is 3.82. The van der Waals surface area contributed by atoms with Crippen LogP contribution in [0.5, 0.6) is 0 Å². The van der Waals surface area contributed by atoms with E-state index in [1.54, 1.807) is 0 Å². The highest BCUT2D eigenvalue weighted by Crippen LogP contribution is 2.16. The van der Waals surface area contributed by atoms with E-state index in [2.05, 4.69) is 17.1 Å². The molecule has 3 nitrogen and oxygen atoms in total. The first kappa shape index (κ1) is 14.1. The predicted molar refractivity (Wildman–Crippen MR) is 79.3 cm³/mol. The molecular weight excluding hydrogens is 236 g/mol. The van der Waals surface area contributed by atoms with Crippen molar-refractivity contribution in [2.24, 2.45) is 5.92 Å². The molecule has 1 aromatic carbocycles. The van der Waals surface area contributed by atoms with Crippen LogP contribution in [0.4, 0.5) is 5.69 Å². The monoisotopic (exact) mass is 260 g/mol. The van der Waals surface area contributed by atoms with Gasteiger partial charge in [-0.2, -0.15) is 0 Å². The van der Waals surface area contributed by atoms with Gasteiger partial charge in [-0.25, -0.2) is 0 Å². The highest BCUT2D eigenvalue weighted by atomic mass is 16.1. The van der Waals surface area contributed by atoms with Crippen LogP contribution in [0.2, 0.25) is 0 Å². The summed E-state index contributed by atoms with van der Waals surface area (Å²) in [6.45, 7) is 7.46. The quantitative estimate of drug-likeness (QED) is 0.902. The number of likely N-dealkylation sites (tertiary alicyclic amines) is 1. The number of hydrogen-bond donors (Lipinski definition) is 1. The second-order valence-corrected chi connectivity index (χ2v) is 5.66. The number of amides is 1. The fourth-order valence-corrected chi connectivity index (χ4v) is 2.68. The Morgan fingerprint density at radius 1 is 1.42 bits per heavy atom. The normalized spacial score (nSPS) is 20.2. The predicted octanol–water partition coefficient (Wildman–Crippen LogP) is 3.06. The van der Waals surface area contributed by atoms with E-state index in [1.807, 2.05) is 31.2 Å². The number of hydrogen-bond acceptors (Lipinski definition) is 2. The van der Waals surface area contributed by atoms with Gasteiger partial charge in [0.25, 0.3) is 0 Å². The topological polar surface area (TPSA) is 32.3 Å². The number of benzene rings is 1. The van der Waals surface area contributed by atoms with Gasteiger partial charge in [-0.15, -0.1) is 0 Å². The van der Waals surface area contributed by atoms with Crippen molar-refractivity contribution in [1.29, 1.82) is 0 Å². The molecular formula is C16H24N2O. The Morgan fingerprint density at radius 2 is 2.21 bits per heavy atom. The molecule has 1 N–H and O–H groups in total. The molecule has 19 heavy (non-hydrogen) atoms. The first-order valence-corrected chi connectivity index (χ1v) is 7.23. The molecule has 1 fully saturated rings. The van der Waals surface area contributed by atoms with Crippen LogP contribution in [0.15, 0.2) is 24.3 Å². The highest BCUT2D eigenvalue weighted by Gasteiger charge is 2.16. The minimum absolute atomic E-state index is 0.118. The molecule has 1 amide bonds. The van der Waals surface area contributed by atoms with Crippen LogP contribution in [0.3, 0.4) is 0 Å². The van der Waals surface area contributed by atoms with E-state index in [9.17, 15) is 4.79 Å². The summed E-state index contributed by atoms with van der Waals surface area (Å²) in [5, 5.41) is 3.00. The average Bonchev–Trinajstić information content (AvgIpc) is 2.39. The van der Waals surface area contributed by atoms with Crippen LogP contribution >= 0.6 is 0 Å². The fraction of sp³-hybridized carbons (Fsp3) is 0.562. The summed E-state index contributed by atoms with van der Waals surface area (Å²) in [5.41, 5.74) is 2.04. The average molecular weight is 260 g/mol. The Bertz CT molecular complexity index is 431. The van der Waals surface area contributed by atoms with Crippen molar-refractivity contribution in [1.82, 2.24) is 4.90 Å². The zero-order valence-electron chi connectivity index (χ0n) is 12.0. The van der Waals surface area contributed by atoms with Gasteiger partial charge in [0.05, 0.1) is 0 Å². The molecule has 3 heteroatoms. The van der Waals surface area contributed by atoms with Crippen molar-refractivity contribution < 1.29 is 4.79 Å². The van der Waals surface area contributed by atoms with Gasteiger partial charge in [0.1, 0.15) is 0 Å². The molecule has 0 aromatic heterocycles. The summed E-state index contributed by atoms with van der Waals surface area (Å²) in [7, 11) is 0. The molecule has 1 aliphatic rings. The van der Waals surface area contributed by atoms with E-state index in [0.717, 1.165) is 36.8 Å². The van der Waals surface area contributed by atoms with Gasteiger partial charge in [0.15, 0.2) is 0 Å². The maximum absolute atomic E-state index is 12.0. The van der Waals surface area contributed by atoms with Crippen LogP contribution in [-0.4, -0.2) is 30.4 Å². The van der Waals surface area contributed by atoms with Crippen molar-refractivity contribution in [2.45, 2.75) is 33.1 Å². The number of anilines is 1. The second kappa shape index (κ2) is 6.71. The van der Waals surface area contributed by atoms with Gasteiger partial charge in [-0.05, 0) is 43.9 Å². The van der Waals surface area contributed by atoms with Crippen LogP contribution in [0.25, 0.3) is 0 Å². The minimum atomic E-state index is 0.118. The standard InChI is InChI=1S/C16H24N2O/c1-13-6-5-10-18(12-13)11-9-16(19)17-15-8-4-3-7-14(15)2/h3-4,7-8,13H,5-6,9-12H2,1-2H3,(H,17,19)/t13-/m0/s1. The molecule has 104 valence electrons. The molecule has 0 radical (unpaired) electrons. The lowest BCUT2D eigenvalue weighted by Crippen LogP contribution is -2.36. The van der Waals surface area contributed by atoms with Crippen molar-refractivity contribution in [3.8, 4) is 0 Å². The van der Waals surface area contributed by atoms with E-state index < -0.39 is 0 Å². The lowest BCUT2D eigenvalue weighted by atomic mass is 10.0. The first-order valence-electron chi connectivity index (χ1n) is 7.23. The van der Waals surface area contributed by atoms with Gasteiger partial charge < -0.3 is 10.2 Å². The summed E-state index contributed by atoms with van der Waals surface area (Å²) in [4.78, 5) is 14.4. The summed E-state index contributed by atoms with van der Waals surface area (Å²) in [6, 6.07) is 7.91. The van der Waals surface area contributed by atoms with E-state index in [-0.39, 0.29) is 5.91 Å². The largest absolute Gasteiger partial charge is 0.326 e. The maximum Gasteiger partial charge on any atom is 0.225 e. The maximum atomic E-state index is 12.0. The van der Waals surface area contributed by atoms with Gasteiger partial charge in [-0.3, -0.25) is 4.79 Å². The van der Waals surface area contributed by atoms with E-state index >= 15 is 0 Å². The molecule has 0 saturated carbocycles. The second-order valence-electron chi connectivity index (χ2n) is 5.66. The van der Waals surface area contributed by atoms with Crippen LogP contribution < -0.4 is 5.32 Å². The van der Waals surface area contributed by atoms with Crippen molar-refractivity contribution in [3.63, 3.8) is 0 Å².